The van der Waals surface area contributed by atoms with Crippen LogP contribution in [-0.4, -0.2) is 50.5 Å². The molecule has 0 unspecified atom stereocenters. The number of hydrogen-bond acceptors (Lipinski definition) is 4. The molecule has 144 valence electrons. The quantitative estimate of drug-likeness (QED) is 0.753. The van der Waals surface area contributed by atoms with Crippen LogP contribution in [0.2, 0.25) is 0 Å². The highest BCUT2D eigenvalue weighted by molar-refractivity contribution is 7.92. The van der Waals surface area contributed by atoms with Gasteiger partial charge in [0.25, 0.3) is 5.91 Å². The third kappa shape index (κ3) is 5.72. The van der Waals surface area contributed by atoms with Gasteiger partial charge < -0.3 is 10.2 Å². The van der Waals surface area contributed by atoms with E-state index in [1.54, 1.807) is 29.2 Å². The van der Waals surface area contributed by atoms with Gasteiger partial charge in [-0.2, -0.15) is 0 Å². The average molecular weight is 381 g/mol. The number of carbonyl (C=O) groups is 2. The third-order valence-corrected chi connectivity index (χ3v) is 4.88. The Labute approximate surface area is 155 Å². The number of anilines is 1. The van der Waals surface area contributed by atoms with Crippen molar-refractivity contribution >= 4 is 27.5 Å². The van der Waals surface area contributed by atoms with Crippen LogP contribution in [0.25, 0.3) is 0 Å². The number of rotatable bonds is 7. The Morgan fingerprint density at radius 2 is 1.88 bits per heavy atom. The molecule has 0 radical (unpaired) electrons. The Morgan fingerprint density at radius 1 is 1.23 bits per heavy atom. The molecular formula is C18H27N3O4S. The highest BCUT2D eigenvalue weighted by atomic mass is 32.2. The van der Waals surface area contributed by atoms with Gasteiger partial charge in [0, 0.05) is 24.3 Å². The van der Waals surface area contributed by atoms with E-state index in [2.05, 4.69) is 23.9 Å². The van der Waals surface area contributed by atoms with Crippen LogP contribution in [0.15, 0.2) is 24.3 Å². The number of amides is 2. The Balaban J connectivity index is 2.02. The van der Waals surface area contributed by atoms with Crippen LogP contribution >= 0.6 is 0 Å². The third-order valence-electron chi connectivity index (χ3n) is 4.27. The molecule has 1 aliphatic heterocycles. The second kappa shape index (κ2) is 8.53. The van der Waals surface area contributed by atoms with Crippen molar-refractivity contribution in [1.29, 1.82) is 0 Å². The first-order valence-corrected chi connectivity index (χ1v) is 10.7. The number of nitrogens with one attached hydrogen (secondary N) is 2. The predicted octanol–water partition coefficient (Wildman–Crippen LogP) is 1.82. The molecular weight excluding hydrogens is 354 g/mol. The van der Waals surface area contributed by atoms with Gasteiger partial charge in [-0.1, -0.05) is 13.8 Å². The van der Waals surface area contributed by atoms with Crippen molar-refractivity contribution in [2.24, 2.45) is 5.92 Å². The summed E-state index contributed by atoms with van der Waals surface area (Å²) in [5.41, 5.74) is 0.833. The van der Waals surface area contributed by atoms with E-state index in [1.807, 2.05) is 0 Å². The summed E-state index contributed by atoms with van der Waals surface area (Å²) < 4.78 is 24.8. The van der Waals surface area contributed by atoms with Gasteiger partial charge in [0.1, 0.15) is 6.04 Å². The fourth-order valence-corrected chi connectivity index (χ4v) is 3.51. The molecule has 1 aromatic carbocycles. The van der Waals surface area contributed by atoms with Crippen molar-refractivity contribution in [2.45, 2.75) is 39.2 Å². The van der Waals surface area contributed by atoms with Crippen LogP contribution in [0.4, 0.5) is 5.69 Å². The minimum absolute atomic E-state index is 0.105. The van der Waals surface area contributed by atoms with Gasteiger partial charge in [-0.05, 0) is 49.4 Å². The number of benzene rings is 1. The topological polar surface area (TPSA) is 95.6 Å². The largest absolute Gasteiger partial charge is 0.354 e. The van der Waals surface area contributed by atoms with Crippen molar-refractivity contribution in [1.82, 2.24) is 10.2 Å². The summed E-state index contributed by atoms with van der Waals surface area (Å²) in [4.78, 5) is 26.8. The normalized spacial score (nSPS) is 17.4. The van der Waals surface area contributed by atoms with E-state index in [4.69, 9.17) is 0 Å². The summed E-state index contributed by atoms with van der Waals surface area (Å²) in [6.07, 6.45) is 3.43. The molecule has 0 saturated carbocycles. The molecule has 1 atom stereocenters. The lowest BCUT2D eigenvalue weighted by Crippen LogP contribution is -2.46. The molecule has 2 amide bonds. The van der Waals surface area contributed by atoms with Gasteiger partial charge in [-0.3, -0.25) is 14.3 Å². The Bertz CT molecular complexity index is 744. The minimum Gasteiger partial charge on any atom is -0.354 e. The molecule has 1 aliphatic rings. The van der Waals surface area contributed by atoms with E-state index in [9.17, 15) is 18.0 Å². The van der Waals surface area contributed by atoms with Gasteiger partial charge >= 0.3 is 0 Å². The first-order chi connectivity index (χ1) is 12.2. The number of likely N-dealkylation sites (tertiary alicyclic amines) is 1. The maximum Gasteiger partial charge on any atom is 0.254 e. The van der Waals surface area contributed by atoms with E-state index >= 15 is 0 Å². The van der Waals surface area contributed by atoms with E-state index < -0.39 is 16.1 Å². The van der Waals surface area contributed by atoms with E-state index in [1.165, 1.54) is 0 Å². The second-order valence-electron chi connectivity index (χ2n) is 7.08. The summed E-state index contributed by atoms with van der Waals surface area (Å²) in [5, 5.41) is 2.92. The average Bonchev–Trinajstić information content (AvgIpc) is 3.02. The van der Waals surface area contributed by atoms with Crippen LogP contribution < -0.4 is 10.0 Å². The van der Waals surface area contributed by atoms with Crippen LogP contribution in [0, 0.1) is 5.92 Å². The van der Waals surface area contributed by atoms with E-state index in [-0.39, 0.29) is 11.8 Å². The first kappa shape index (κ1) is 20.2. The smallest absolute Gasteiger partial charge is 0.254 e. The zero-order chi connectivity index (χ0) is 19.3. The number of sulfonamides is 1. The fourth-order valence-electron chi connectivity index (χ4n) is 2.94. The fraction of sp³-hybridized carbons (Fsp3) is 0.556. The Kier molecular flexibility index (Phi) is 6.63. The molecule has 1 saturated heterocycles. The molecule has 2 rings (SSSR count). The zero-order valence-electron chi connectivity index (χ0n) is 15.5. The lowest BCUT2D eigenvalue weighted by atomic mass is 10.1. The summed E-state index contributed by atoms with van der Waals surface area (Å²) in [6.45, 7) is 5.35. The molecule has 26 heavy (non-hydrogen) atoms. The van der Waals surface area contributed by atoms with E-state index in [0.29, 0.717) is 36.7 Å². The van der Waals surface area contributed by atoms with Crippen LogP contribution in [0.3, 0.4) is 0 Å². The molecule has 0 bridgehead atoms. The predicted molar refractivity (Wildman–Crippen MR) is 101 cm³/mol. The standard InChI is InChI=1S/C18H27N3O4S/c1-13(2)10-11-19-17(22)16-5-4-12-21(16)18(23)14-6-8-15(9-7-14)20-26(3,24)25/h6-9,13,16,20H,4-5,10-12H2,1-3H3,(H,19,22)/t16-/m0/s1. The second-order valence-corrected chi connectivity index (χ2v) is 8.83. The van der Waals surface area contributed by atoms with E-state index in [0.717, 1.165) is 19.1 Å². The first-order valence-electron chi connectivity index (χ1n) is 8.84. The summed E-state index contributed by atoms with van der Waals surface area (Å²) in [6, 6.07) is 5.79. The molecule has 7 nitrogen and oxygen atoms in total. The molecule has 0 aliphatic carbocycles. The van der Waals surface area contributed by atoms with Gasteiger partial charge in [-0.25, -0.2) is 8.42 Å². The molecule has 8 heteroatoms. The molecule has 0 spiro atoms. The number of carbonyl (C=O) groups excluding carboxylic acids is 2. The molecule has 0 aromatic heterocycles. The lowest BCUT2D eigenvalue weighted by molar-refractivity contribution is -0.124. The molecule has 2 N–H and O–H groups in total. The van der Waals surface area contributed by atoms with Crippen molar-refractivity contribution < 1.29 is 18.0 Å². The Morgan fingerprint density at radius 3 is 2.46 bits per heavy atom. The van der Waals surface area contributed by atoms with Crippen molar-refractivity contribution in [3.05, 3.63) is 29.8 Å². The van der Waals surface area contributed by atoms with Crippen LogP contribution in [0.5, 0.6) is 0 Å². The van der Waals surface area contributed by atoms with Crippen molar-refractivity contribution in [3.63, 3.8) is 0 Å². The highest BCUT2D eigenvalue weighted by Crippen LogP contribution is 2.21. The minimum atomic E-state index is -3.36. The maximum atomic E-state index is 12.7. The van der Waals surface area contributed by atoms with Crippen molar-refractivity contribution in [3.8, 4) is 0 Å². The van der Waals surface area contributed by atoms with Crippen LogP contribution in [0.1, 0.15) is 43.5 Å². The van der Waals surface area contributed by atoms with Gasteiger partial charge in [-0.15, -0.1) is 0 Å². The lowest BCUT2D eigenvalue weighted by Gasteiger charge is -2.24. The van der Waals surface area contributed by atoms with Gasteiger partial charge in [0.2, 0.25) is 15.9 Å². The SMILES string of the molecule is CC(C)CCNC(=O)[C@@H]1CCCN1C(=O)c1ccc(NS(C)(=O)=O)cc1. The number of nitrogens with zero attached hydrogens (tertiary/aromatic N) is 1. The van der Waals surface area contributed by atoms with Gasteiger partial charge in [0.15, 0.2) is 0 Å². The summed E-state index contributed by atoms with van der Waals surface area (Å²) in [5.74, 6) is 0.194. The summed E-state index contributed by atoms with van der Waals surface area (Å²) >= 11 is 0. The highest BCUT2D eigenvalue weighted by Gasteiger charge is 2.34. The molecule has 1 fully saturated rings. The van der Waals surface area contributed by atoms with Crippen molar-refractivity contribution in [2.75, 3.05) is 24.1 Å². The molecule has 1 aromatic rings. The zero-order valence-corrected chi connectivity index (χ0v) is 16.3. The monoisotopic (exact) mass is 381 g/mol. The maximum absolute atomic E-state index is 12.7. The molecule has 1 heterocycles. The Hall–Kier alpha value is -2.09. The van der Waals surface area contributed by atoms with Gasteiger partial charge in [0.05, 0.1) is 6.26 Å². The summed E-state index contributed by atoms with van der Waals surface area (Å²) in [7, 11) is -3.36. The number of hydrogen-bond donors (Lipinski definition) is 2. The van der Waals surface area contributed by atoms with Crippen LogP contribution in [-0.2, 0) is 14.8 Å².